The minimum atomic E-state index is -0.412. The molecule has 0 N–H and O–H groups in total. The molecule has 1 spiro atoms. The van der Waals surface area contributed by atoms with Crippen LogP contribution in [0.2, 0.25) is 0 Å². The summed E-state index contributed by atoms with van der Waals surface area (Å²) in [5.74, 6) is 1.80. The number of aromatic nitrogens is 5. The van der Waals surface area contributed by atoms with Gasteiger partial charge in [-0.05, 0) is 87.0 Å². The number of hydrogen-bond donors (Lipinski definition) is 0. The van der Waals surface area contributed by atoms with Gasteiger partial charge in [0.15, 0.2) is 17.5 Å². The smallest absolute Gasteiger partial charge is 0.164 e. The summed E-state index contributed by atoms with van der Waals surface area (Å²) in [6.45, 7) is 0. The highest BCUT2D eigenvalue weighted by Crippen LogP contribution is 2.62. The van der Waals surface area contributed by atoms with Crippen LogP contribution >= 0.6 is 0 Å². The molecule has 256 valence electrons. The molecule has 0 saturated carbocycles. The first kappa shape index (κ1) is 31.2. The zero-order valence-electron chi connectivity index (χ0n) is 29.6. The average molecular weight is 702 g/mol. The van der Waals surface area contributed by atoms with Gasteiger partial charge in [-0.2, -0.15) is 0 Å². The number of fused-ring (bicyclic) bond motifs is 10. The van der Waals surface area contributed by atoms with Crippen LogP contribution in [-0.4, -0.2) is 24.9 Å². The molecule has 55 heavy (non-hydrogen) atoms. The van der Waals surface area contributed by atoms with Crippen LogP contribution < -0.4 is 0 Å². The molecule has 3 aromatic heterocycles. The maximum absolute atomic E-state index is 5.20. The fourth-order valence-electron chi connectivity index (χ4n) is 8.70. The van der Waals surface area contributed by atoms with Crippen molar-refractivity contribution >= 4 is 0 Å². The predicted molar refractivity (Wildman–Crippen MR) is 219 cm³/mol. The molecule has 0 atom stereocenters. The van der Waals surface area contributed by atoms with Crippen LogP contribution in [0, 0.1) is 0 Å². The van der Waals surface area contributed by atoms with Crippen LogP contribution in [0.25, 0.3) is 78.9 Å². The Kier molecular flexibility index (Phi) is 7.01. The Morgan fingerprint density at radius 1 is 0.291 bits per heavy atom. The highest BCUT2D eigenvalue weighted by Gasteiger charge is 2.51. The molecule has 0 amide bonds. The van der Waals surface area contributed by atoms with Crippen LogP contribution in [0.3, 0.4) is 0 Å². The maximum atomic E-state index is 5.20. The van der Waals surface area contributed by atoms with Crippen molar-refractivity contribution in [2.24, 2.45) is 0 Å². The fourth-order valence-corrected chi connectivity index (χ4v) is 8.70. The van der Waals surface area contributed by atoms with Crippen molar-refractivity contribution in [2.45, 2.75) is 5.41 Å². The largest absolute Gasteiger partial charge is 0.256 e. The summed E-state index contributed by atoms with van der Waals surface area (Å²) in [4.78, 5) is 24.7. The third-order valence-electron chi connectivity index (χ3n) is 11.1. The second-order valence-corrected chi connectivity index (χ2v) is 14.0. The Labute approximate surface area is 318 Å². The van der Waals surface area contributed by atoms with Gasteiger partial charge in [-0.25, -0.2) is 15.0 Å². The third-order valence-corrected chi connectivity index (χ3v) is 11.1. The van der Waals surface area contributed by atoms with Crippen LogP contribution in [0.5, 0.6) is 0 Å². The molecule has 0 radical (unpaired) electrons. The summed E-state index contributed by atoms with van der Waals surface area (Å²) >= 11 is 0. The monoisotopic (exact) mass is 701 g/mol. The SMILES string of the molecule is c1ccc(-c2cccc(-c3nc(-c4cccc(-c5ccccn5)c4)nc(-c4ccc5c(c4)-c4ccccc4C54c5ccccc5-c5ccccc54)n3)c2)nc1. The van der Waals surface area contributed by atoms with Gasteiger partial charge in [0.25, 0.3) is 0 Å². The van der Waals surface area contributed by atoms with Gasteiger partial charge in [-0.15, -0.1) is 0 Å². The van der Waals surface area contributed by atoms with Crippen LogP contribution in [0.15, 0.2) is 188 Å². The number of nitrogens with zero attached hydrogens (tertiary/aromatic N) is 5. The molecule has 5 heteroatoms. The maximum Gasteiger partial charge on any atom is 0.164 e. The van der Waals surface area contributed by atoms with E-state index >= 15 is 0 Å². The second kappa shape index (κ2) is 12.4. The van der Waals surface area contributed by atoms with Gasteiger partial charge in [0, 0.05) is 40.2 Å². The van der Waals surface area contributed by atoms with E-state index in [-0.39, 0.29) is 0 Å². The van der Waals surface area contributed by atoms with Gasteiger partial charge in [0.2, 0.25) is 0 Å². The number of benzene rings is 6. The lowest BCUT2D eigenvalue weighted by atomic mass is 9.70. The van der Waals surface area contributed by atoms with Crippen molar-refractivity contribution in [1.29, 1.82) is 0 Å². The van der Waals surface area contributed by atoms with Crippen molar-refractivity contribution in [1.82, 2.24) is 24.9 Å². The Morgan fingerprint density at radius 3 is 1.16 bits per heavy atom. The molecule has 9 aromatic rings. The van der Waals surface area contributed by atoms with E-state index in [1.165, 1.54) is 44.5 Å². The Balaban J connectivity index is 1.11. The molecule has 2 aliphatic rings. The lowest BCUT2D eigenvalue weighted by molar-refractivity contribution is 0.794. The lowest BCUT2D eigenvalue weighted by Crippen LogP contribution is -2.25. The summed E-state index contributed by atoms with van der Waals surface area (Å²) < 4.78 is 0. The number of pyridine rings is 2. The summed E-state index contributed by atoms with van der Waals surface area (Å²) in [5.41, 5.74) is 16.3. The molecule has 0 unspecified atom stereocenters. The molecular weight excluding hydrogens is 671 g/mol. The van der Waals surface area contributed by atoms with E-state index in [1.807, 2.05) is 60.9 Å². The van der Waals surface area contributed by atoms with Gasteiger partial charge >= 0.3 is 0 Å². The standard InChI is InChI=1S/C50H31N5/c1-4-20-41-37(17-1)38-18-2-5-21-42(38)50(41)43-22-6-3-19-39(43)40-31-36(25-26-44(40)50)49-54-47(34-15-11-13-32(29-34)45-23-7-9-27-51-45)53-48(55-49)35-16-12-14-33(30-35)46-24-8-10-28-52-46/h1-31H. The molecule has 5 nitrogen and oxygen atoms in total. The molecule has 0 saturated heterocycles. The van der Waals surface area contributed by atoms with E-state index in [0.29, 0.717) is 17.5 Å². The van der Waals surface area contributed by atoms with Crippen LogP contribution in [0.4, 0.5) is 0 Å². The van der Waals surface area contributed by atoms with Gasteiger partial charge < -0.3 is 0 Å². The molecule has 3 heterocycles. The zero-order valence-corrected chi connectivity index (χ0v) is 29.6. The minimum Gasteiger partial charge on any atom is -0.256 e. The van der Waals surface area contributed by atoms with E-state index in [0.717, 1.165) is 39.2 Å². The first-order valence-electron chi connectivity index (χ1n) is 18.5. The molecule has 0 aliphatic heterocycles. The molecular formula is C50H31N5. The van der Waals surface area contributed by atoms with Gasteiger partial charge in [-0.3, -0.25) is 9.97 Å². The summed E-state index contributed by atoms with van der Waals surface area (Å²) in [7, 11) is 0. The van der Waals surface area contributed by atoms with Crippen LogP contribution in [-0.2, 0) is 5.41 Å². The molecule has 0 fully saturated rings. The quantitative estimate of drug-likeness (QED) is 0.179. The molecule has 11 rings (SSSR count). The van der Waals surface area contributed by atoms with Crippen molar-refractivity contribution in [3.63, 3.8) is 0 Å². The zero-order chi connectivity index (χ0) is 36.3. The molecule has 0 bridgehead atoms. The van der Waals surface area contributed by atoms with E-state index in [9.17, 15) is 0 Å². The Morgan fingerprint density at radius 2 is 0.691 bits per heavy atom. The van der Waals surface area contributed by atoms with Crippen LogP contribution in [0.1, 0.15) is 22.3 Å². The first-order valence-corrected chi connectivity index (χ1v) is 18.5. The van der Waals surface area contributed by atoms with E-state index in [2.05, 4.69) is 137 Å². The summed E-state index contributed by atoms with van der Waals surface area (Å²) in [6.07, 6.45) is 3.63. The van der Waals surface area contributed by atoms with Gasteiger partial charge in [0.05, 0.1) is 16.8 Å². The average Bonchev–Trinajstić information content (AvgIpc) is 3.74. The Hall–Kier alpha value is -7.37. The lowest BCUT2D eigenvalue weighted by Gasteiger charge is -2.30. The highest BCUT2D eigenvalue weighted by molar-refractivity contribution is 5.96. The summed E-state index contributed by atoms with van der Waals surface area (Å²) in [6, 6.07) is 61.8. The number of rotatable bonds is 5. The first-order chi connectivity index (χ1) is 27.3. The topological polar surface area (TPSA) is 64.5 Å². The van der Waals surface area contributed by atoms with Gasteiger partial charge in [-0.1, -0.05) is 133 Å². The highest BCUT2D eigenvalue weighted by atomic mass is 15.0. The van der Waals surface area contributed by atoms with E-state index in [1.54, 1.807) is 0 Å². The van der Waals surface area contributed by atoms with E-state index in [4.69, 9.17) is 15.0 Å². The molecule has 2 aliphatic carbocycles. The predicted octanol–water partition coefficient (Wildman–Crippen LogP) is 11.3. The van der Waals surface area contributed by atoms with E-state index < -0.39 is 5.41 Å². The van der Waals surface area contributed by atoms with Crippen molar-refractivity contribution < 1.29 is 0 Å². The Bertz CT molecular complexity index is 2790. The fraction of sp³-hybridized carbons (Fsp3) is 0.0200. The minimum absolute atomic E-state index is 0.412. The van der Waals surface area contributed by atoms with Crippen molar-refractivity contribution in [3.8, 4) is 78.9 Å². The normalized spacial score (nSPS) is 12.9. The van der Waals surface area contributed by atoms with Crippen molar-refractivity contribution in [3.05, 3.63) is 211 Å². The van der Waals surface area contributed by atoms with Crippen molar-refractivity contribution in [2.75, 3.05) is 0 Å². The van der Waals surface area contributed by atoms with Gasteiger partial charge in [0.1, 0.15) is 0 Å². The number of hydrogen-bond acceptors (Lipinski definition) is 5. The molecule has 6 aromatic carbocycles. The second-order valence-electron chi connectivity index (χ2n) is 14.0. The third kappa shape index (κ3) is 4.83. The summed E-state index contributed by atoms with van der Waals surface area (Å²) in [5, 5.41) is 0.